The first kappa shape index (κ1) is 16.2. The second-order valence-corrected chi connectivity index (χ2v) is 7.38. The van der Waals surface area contributed by atoms with Crippen LogP contribution in [-0.2, 0) is 6.42 Å². The molecule has 0 saturated carbocycles. The highest BCUT2D eigenvalue weighted by Gasteiger charge is 2.16. The van der Waals surface area contributed by atoms with Gasteiger partial charge < -0.3 is 4.74 Å². The minimum absolute atomic E-state index is 0.527. The number of H-pyrrole nitrogens is 1. The zero-order valence-corrected chi connectivity index (χ0v) is 15.8. The van der Waals surface area contributed by atoms with Gasteiger partial charge in [-0.15, -0.1) is 10.2 Å². The Bertz CT molecular complexity index is 1270. The van der Waals surface area contributed by atoms with E-state index in [9.17, 15) is 0 Å². The molecule has 27 heavy (non-hydrogen) atoms. The maximum absolute atomic E-state index is 6.12. The number of rotatable bonds is 4. The van der Waals surface area contributed by atoms with Crippen LogP contribution in [0.1, 0.15) is 11.5 Å². The van der Waals surface area contributed by atoms with E-state index < -0.39 is 0 Å². The van der Waals surface area contributed by atoms with Crippen LogP contribution >= 0.6 is 22.9 Å². The predicted octanol–water partition coefficient (Wildman–Crippen LogP) is 3.98. The summed E-state index contributed by atoms with van der Waals surface area (Å²) < 4.78 is 7.07. The van der Waals surface area contributed by atoms with Crippen LogP contribution in [0.25, 0.3) is 26.4 Å². The highest BCUT2D eigenvalue weighted by Crippen LogP contribution is 2.29. The maximum atomic E-state index is 6.12. The van der Waals surface area contributed by atoms with Gasteiger partial charge in [0.15, 0.2) is 5.82 Å². The van der Waals surface area contributed by atoms with Crippen LogP contribution in [0, 0.1) is 0 Å². The molecule has 7 nitrogen and oxygen atoms in total. The van der Waals surface area contributed by atoms with Gasteiger partial charge >= 0.3 is 0 Å². The molecule has 3 heterocycles. The van der Waals surface area contributed by atoms with E-state index in [-0.39, 0.29) is 0 Å². The first-order chi connectivity index (χ1) is 13.2. The van der Waals surface area contributed by atoms with E-state index in [1.807, 2.05) is 42.5 Å². The molecular weight excluding hydrogens is 384 g/mol. The van der Waals surface area contributed by atoms with Crippen molar-refractivity contribution in [1.82, 2.24) is 30.0 Å². The van der Waals surface area contributed by atoms with Crippen molar-refractivity contribution in [2.75, 3.05) is 7.11 Å². The summed E-state index contributed by atoms with van der Waals surface area (Å²) in [5.41, 5.74) is 2.78. The lowest BCUT2D eigenvalue weighted by Gasteiger charge is -2.00. The third-order valence-corrected chi connectivity index (χ3v) is 5.49. The number of ether oxygens (including phenoxy) is 1. The number of fused-ring (bicyclic) bond motifs is 2. The molecule has 2 aromatic carbocycles. The molecule has 0 amide bonds. The fraction of sp³-hybridized carbons (Fsp3) is 0.111. The van der Waals surface area contributed by atoms with Gasteiger partial charge in [0.1, 0.15) is 10.8 Å². The van der Waals surface area contributed by atoms with E-state index in [2.05, 4.69) is 20.4 Å². The second-order valence-electron chi connectivity index (χ2n) is 5.99. The highest BCUT2D eigenvalue weighted by molar-refractivity contribution is 7.19. The molecule has 3 aromatic heterocycles. The normalized spacial score (nSPS) is 11.5. The predicted molar refractivity (Wildman–Crippen MR) is 105 cm³/mol. The second kappa shape index (κ2) is 6.33. The molecule has 0 atom stereocenters. The molecule has 0 saturated heterocycles. The molecule has 0 unspecified atom stereocenters. The molecule has 9 heteroatoms. The van der Waals surface area contributed by atoms with Gasteiger partial charge in [0.05, 0.1) is 24.7 Å². The molecule has 134 valence electrons. The fourth-order valence-corrected chi connectivity index (χ4v) is 4.00. The number of hydrogen-bond acceptors (Lipinski definition) is 6. The van der Waals surface area contributed by atoms with E-state index in [1.54, 1.807) is 11.6 Å². The quantitative estimate of drug-likeness (QED) is 0.497. The number of hydrogen-bond donors (Lipinski definition) is 1. The van der Waals surface area contributed by atoms with Crippen molar-refractivity contribution >= 4 is 38.8 Å². The van der Waals surface area contributed by atoms with Crippen LogP contribution in [-0.4, -0.2) is 37.1 Å². The topological polar surface area (TPSA) is 81.0 Å². The van der Waals surface area contributed by atoms with Gasteiger partial charge in [-0.3, -0.25) is 5.10 Å². The van der Waals surface area contributed by atoms with Crippen LogP contribution in [0.5, 0.6) is 5.75 Å². The number of halogens is 1. The number of aromatic amines is 1. The van der Waals surface area contributed by atoms with Crippen LogP contribution in [0.4, 0.5) is 0 Å². The molecule has 0 spiro atoms. The van der Waals surface area contributed by atoms with Crippen molar-refractivity contribution in [2.45, 2.75) is 6.42 Å². The Labute approximate surface area is 162 Å². The highest BCUT2D eigenvalue weighted by atomic mass is 35.5. The van der Waals surface area contributed by atoms with E-state index >= 15 is 0 Å². The molecule has 0 aliphatic carbocycles. The van der Waals surface area contributed by atoms with Crippen molar-refractivity contribution in [3.05, 3.63) is 59.0 Å². The molecule has 0 aliphatic heterocycles. The first-order valence-electron chi connectivity index (χ1n) is 8.19. The van der Waals surface area contributed by atoms with E-state index in [4.69, 9.17) is 21.4 Å². The van der Waals surface area contributed by atoms with E-state index in [0.717, 1.165) is 43.7 Å². The molecule has 1 N–H and O–H groups in total. The summed E-state index contributed by atoms with van der Waals surface area (Å²) in [6.45, 7) is 0. The molecule has 5 aromatic rings. The van der Waals surface area contributed by atoms with Gasteiger partial charge in [0.25, 0.3) is 0 Å². The Morgan fingerprint density at radius 3 is 3.00 bits per heavy atom. The fourth-order valence-electron chi connectivity index (χ4n) is 2.97. The summed E-state index contributed by atoms with van der Waals surface area (Å²) in [6, 6.07) is 13.4. The first-order valence-corrected chi connectivity index (χ1v) is 9.39. The lowest BCUT2D eigenvalue weighted by molar-refractivity contribution is 0.415. The van der Waals surface area contributed by atoms with Gasteiger partial charge in [-0.2, -0.15) is 14.7 Å². The maximum Gasteiger partial charge on any atom is 0.234 e. The number of nitrogens with one attached hydrogen (secondary N) is 1. The Morgan fingerprint density at radius 1 is 1.19 bits per heavy atom. The smallest absolute Gasteiger partial charge is 0.234 e. The van der Waals surface area contributed by atoms with Crippen molar-refractivity contribution in [2.24, 2.45) is 0 Å². The van der Waals surface area contributed by atoms with Crippen molar-refractivity contribution in [3.63, 3.8) is 0 Å². The van der Waals surface area contributed by atoms with Crippen LogP contribution < -0.4 is 4.74 Å². The minimum atomic E-state index is 0.527. The van der Waals surface area contributed by atoms with Crippen LogP contribution in [0.3, 0.4) is 0 Å². The number of nitrogens with zero attached hydrogens (tertiary/aromatic N) is 5. The zero-order valence-electron chi connectivity index (χ0n) is 14.2. The summed E-state index contributed by atoms with van der Waals surface area (Å²) in [5, 5.41) is 23.1. The van der Waals surface area contributed by atoms with Gasteiger partial charge in [-0.05, 0) is 30.3 Å². The van der Waals surface area contributed by atoms with Crippen molar-refractivity contribution < 1.29 is 4.74 Å². The molecule has 0 aliphatic rings. The van der Waals surface area contributed by atoms with Crippen molar-refractivity contribution in [1.29, 1.82) is 0 Å². The van der Waals surface area contributed by atoms with Gasteiger partial charge in [-0.1, -0.05) is 35.1 Å². The van der Waals surface area contributed by atoms with E-state index in [0.29, 0.717) is 11.4 Å². The summed E-state index contributed by atoms with van der Waals surface area (Å²) in [7, 11) is 1.65. The average Bonchev–Trinajstić information content (AvgIpc) is 3.38. The molecule has 0 radical (unpaired) electrons. The van der Waals surface area contributed by atoms with Gasteiger partial charge in [0.2, 0.25) is 4.96 Å². The summed E-state index contributed by atoms with van der Waals surface area (Å²) >= 11 is 7.61. The summed E-state index contributed by atoms with van der Waals surface area (Å²) in [4.78, 5) is 0.740. The number of methoxy groups -OCH3 is 1. The number of aromatic nitrogens is 6. The number of benzene rings is 2. The monoisotopic (exact) mass is 396 g/mol. The molecular formula is C18H13ClN6OS. The zero-order chi connectivity index (χ0) is 18.4. The lowest BCUT2D eigenvalue weighted by atomic mass is 10.1. The lowest BCUT2D eigenvalue weighted by Crippen LogP contribution is -1.98. The molecule has 5 rings (SSSR count). The third-order valence-electron chi connectivity index (χ3n) is 4.30. The van der Waals surface area contributed by atoms with Gasteiger partial charge in [0, 0.05) is 16.0 Å². The molecule has 0 bridgehead atoms. The Kier molecular flexibility index (Phi) is 3.80. The largest absolute Gasteiger partial charge is 0.497 e. The molecule has 0 fully saturated rings. The van der Waals surface area contributed by atoms with E-state index in [1.165, 1.54) is 11.3 Å². The summed E-state index contributed by atoms with van der Waals surface area (Å²) in [5.74, 6) is 1.53. The Morgan fingerprint density at radius 2 is 2.11 bits per heavy atom. The third kappa shape index (κ3) is 2.83. The van der Waals surface area contributed by atoms with Crippen LogP contribution in [0.2, 0.25) is 5.02 Å². The Hall–Kier alpha value is -2.97. The average molecular weight is 397 g/mol. The van der Waals surface area contributed by atoms with Crippen molar-refractivity contribution in [3.8, 4) is 16.3 Å². The summed E-state index contributed by atoms with van der Waals surface area (Å²) in [6.07, 6.45) is 0.527. The van der Waals surface area contributed by atoms with Gasteiger partial charge in [-0.25, -0.2) is 0 Å². The minimum Gasteiger partial charge on any atom is -0.497 e. The Balaban J connectivity index is 1.54. The standard InChI is InChI=1S/C18H13ClN6OS/c1-26-12-4-2-3-10(7-12)17-24-25-16(22-23-18(25)27-17)9-15-13-8-11(19)5-6-14(13)20-21-15/h2-8H,9H2,1H3,(H,20,21). The SMILES string of the molecule is COc1cccc(-c2nn3c(Cc4[nH]nc5ccc(Cl)cc45)nnc3s2)c1. The van der Waals surface area contributed by atoms with Crippen LogP contribution in [0.15, 0.2) is 42.5 Å².